The fourth-order valence-electron chi connectivity index (χ4n) is 3.38. The quantitative estimate of drug-likeness (QED) is 0.685. The maximum atomic E-state index is 12.1. The Morgan fingerprint density at radius 3 is 2.88 bits per heavy atom. The Labute approximate surface area is 162 Å². The maximum Gasteiger partial charge on any atom is 0.220 e. The molecule has 26 heavy (non-hydrogen) atoms. The van der Waals surface area contributed by atoms with Gasteiger partial charge < -0.3 is 15.5 Å². The molecule has 138 valence electrons. The number of carbonyl (C=O) groups is 1. The van der Waals surface area contributed by atoms with Crippen molar-refractivity contribution in [2.75, 3.05) is 0 Å². The summed E-state index contributed by atoms with van der Waals surface area (Å²) in [5.74, 6) is 1.83. The van der Waals surface area contributed by atoms with Crippen LogP contribution in [0.25, 0.3) is 21.0 Å². The highest BCUT2D eigenvalue weighted by Gasteiger charge is 2.26. The second-order valence-corrected chi connectivity index (χ2v) is 7.62. The van der Waals surface area contributed by atoms with Gasteiger partial charge in [0.15, 0.2) is 10.8 Å². The van der Waals surface area contributed by atoms with Crippen LogP contribution in [0.3, 0.4) is 0 Å². The number of hydrogen-bond acceptors (Lipinski definition) is 5. The molecule has 1 fully saturated rings. The number of nitrogens with two attached hydrogens (primary N) is 1. The molecule has 4 rings (SSSR count). The van der Waals surface area contributed by atoms with Gasteiger partial charge in [-0.25, -0.2) is 4.98 Å². The summed E-state index contributed by atoms with van der Waals surface area (Å²) < 4.78 is 6.99. The van der Waals surface area contributed by atoms with Crippen molar-refractivity contribution in [1.29, 1.82) is 0 Å². The number of aromatic nitrogens is 1. The number of nitrogens with zero attached hydrogens (tertiary/aromatic N) is 1. The van der Waals surface area contributed by atoms with E-state index in [0.29, 0.717) is 18.9 Å². The SMILES string of the molecule is Cl.N[C@@H]1CCC[C@H]1CC(=O)NCc1ccc(-c2nc3ccccc3s2)o1. The molecule has 3 N–H and O–H groups in total. The summed E-state index contributed by atoms with van der Waals surface area (Å²) in [6.45, 7) is 0.395. The van der Waals surface area contributed by atoms with Crippen molar-refractivity contribution in [2.24, 2.45) is 11.7 Å². The minimum Gasteiger partial charge on any atom is -0.457 e. The van der Waals surface area contributed by atoms with Crippen LogP contribution >= 0.6 is 23.7 Å². The van der Waals surface area contributed by atoms with Gasteiger partial charge in [0.05, 0.1) is 16.8 Å². The van der Waals surface area contributed by atoms with E-state index in [9.17, 15) is 4.79 Å². The van der Waals surface area contributed by atoms with Crippen molar-refractivity contribution in [2.45, 2.75) is 38.3 Å². The Bertz CT molecular complexity index is 859. The van der Waals surface area contributed by atoms with Gasteiger partial charge in [0, 0.05) is 12.5 Å². The van der Waals surface area contributed by atoms with E-state index in [2.05, 4.69) is 10.3 Å². The van der Waals surface area contributed by atoms with Crippen LogP contribution in [0.5, 0.6) is 0 Å². The predicted octanol–water partition coefficient (Wildman–Crippen LogP) is 4.11. The summed E-state index contributed by atoms with van der Waals surface area (Å²) in [6.07, 6.45) is 3.72. The van der Waals surface area contributed by atoms with E-state index in [1.54, 1.807) is 11.3 Å². The molecule has 1 saturated carbocycles. The zero-order chi connectivity index (χ0) is 17.2. The summed E-state index contributed by atoms with van der Waals surface area (Å²) in [7, 11) is 0. The first kappa shape index (κ1) is 18.9. The number of carbonyl (C=O) groups excluding carboxylic acids is 1. The van der Waals surface area contributed by atoms with Crippen LogP contribution in [-0.2, 0) is 11.3 Å². The van der Waals surface area contributed by atoms with Crippen molar-refractivity contribution in [1.82, 2.24) is 10.3 Å². The topological polar surface area (TPSA) is 81.2 Å². The third-order valence-electron chi connectivity index (χ3n) is 4.79. The fraction of sp³-hybridized carbons (Fsp3) is 0.368. The molecule has 1 aromatic carbocycles. The molecule has 5 nitrogen and oxygen atoms in total. The van der Waals surface area contributed by atoms with Crippen molar-refractivity contribution in [3.63, 3.8) is 0 Å². The predicted molar refractivity (Wildman–Crippen MR) is 106 cm³/mol. The van der Waals surface area contributed by atoms with Gasteiger partial charge in [-0.15, -0.1) is 23.7 Å². The Balaban J connectivity index is 0.00000196. The highest BCUT2D eigenvalue weighted by molar-refractivity contribution is 7.21. The molecule has 0 spiro atoms. The molecule has 0 saturated heterocycles. The number of para-hydroxylation sites is 1. The monoisotopic (exact) mass is 391 g/mol. The summed E-state index contributed by atoms with van der Waals surface area (Å²) in [5, 5.41) is 3.79. The van der Waals surface area contributed by atoms with Crippen LogP contribution in [0.15, 0.2) is 40.8 Å². The lowest BCUT2D eigenvalue weighted by Crippen LogP contribution is -2.31. The van der Waals surface area contributed by atoms with Gasteiger partial charge in [-0.2, -0.15) is 0 Å². The van der Waals surface area contributed by atoms with Gasteiger partial charge >= 0.3 is 0 Å². The molecular formula is C19H22ClN3O2S. The maximum absolute atomic E-state index is 12.1. The van der Waals surface area contributed by atoms with E-state index < -0.39 is 0 Å². The standard InChI is InChI=1S/C19H21N3O2S.ClH/c20-14-5-3-4-12(14)10-18(23)21-11-13-8-9-16(24-13)19-22-15-6-1-2-7-17(15)25-19;/h1-2,6-9,12,14H,3-5,10-11,20H2,(H,21,23);1H/t12-,14+;/m0./s1. The average molecular weight is 392 g/mol. The third kappa shape index (κ3) is 4.09. The van der Waals surface area contributed by atoms with Gasteiger partial charge in [-0.1, -0.05) is 18.6 Å². The molecule has 0 radical (unpaired) electrons. The number of benzene rings is 1. The first-order valence-electron chi connectivity index (χ1n) is 8.66. The van der Waals surface area contributed by atoms with E-state index in [-0.39, 0.29) is 24.4 Å². The molecule has 7 heteroatoms. The smallest absolute Gasteiger partial charge is 0.220 e. The van der Waals surface area contributed by atoms with Gasteiger partial charge in [-0.3, -0.25) is 4.79 Å². The first-order chi connectivity index (χ1) is 12.2. The van der Waals surface area contributed by atoms with E-state index in [1.165, 1.54) is 0 Å². The lowest BCUT2D eigenvalue weighted by molar-refractivity contribution is -0.122. The molecule has 3 aromatic rings. The minimum absolute atomic E-state index is 0. The van der Waals surface area contributed by atoms with Gasteiger partial charge in [-0.05, 0) is 43.0 Å². The van der Waals surface area contributed by atoms with Crippen molar-refractivity contribution in [3.05, 3.63) is 42.2 Å². The van der Waals surface area contributed by atoms with Crippen molar-refractivity contribution >= 4 is 39.9 Å². The van der Waals surface area contributed by atoms with Crippen LogP contribution < -0.4 is 11.1 Å². The number of thiazole rings is 1. The summed E-state index contributed by atoms with van der Waals surface area (Å²) in [5.41, 5.74) is 7.00. The van der Waals surface area contributed by atoms with Crippen LogP contribution in [0.2, 0.25) is 0 Å². The molecule has 1 amide bonds. The number of amides is 1. The van der Waals surface area contributed by atoms with Crippen LogP contribution in [0.1, 0.15) is 31.4 Å². The van der Waals surface area contributed by atoms with Crippen LogP contribution in [0.4, 0.5) is 0 Å². The third-order valence-corrected chi connectivity index (χ3v) is 5.84. The van der Waals surface area contributed by atoms with Crippen LogP contribution in [-0.4, -0.2) is 16.9 Å². The zero-order valence-corrected chi connectivity index (χ0v) is 15.9. The van der Waals surface area contributed by atoms with Crippen molar-refractivity contribution in [3.8, 4) is 10.8 Å². The van der Waals surface area contributed by atoms with E-state index in [1.807, 2.05) is 36.4 Å². The summed E-state index contributed by atoms with van der Waals surface area (Å²) in [4.78, 5) is 16.7. The fourth-order valence-corrected chi connectivity index (χ4v) is 4.31. The second-order valence-electron chi connectivity index (χ2n) is 6.59. The second kappa shape index (κ2) is 8.20. The number of hydrogen-bond donors (Lipinski definition) is 2. The Morgan fingerprint density at radius 1 is 1.27 bits per heavy atom. The molecule has 1 aliphatic carbocycles. The number of rotatable bonds is 5. The Hall–Kier alpha value is -1.89. The van der Waals surface area contributed by atoms with E-state index >= 15 is 0 Å². The molecule has 1 aliphatic rings. The molecular weight excluding hydrogens is 370 g/mol. The first-order valence-corrected chi connectivity index (χ1v) is 9.47. The molecule has 0 bridgehead atoms. The molecule has 0 aliphatic heterocycles. The largest absolute Gasteiger partial charge is 0.457 e. The zero-order valence-electron chi connectivity index (χ0n) is 14.3. The van der Waals surface area contributed by atoms with E-state index in [0.717, 1.165) is 46.0 Å². The lowest BCUT2D eigenvalue weighted by Gasteiger charge is -2.14. The average Bonchev–Trinajstić information content (AvgIpc) is 3.32. The highest BCUT2D eigenvalue weighted by atomic mass is 35.5. The minimum atomic E-state index is 0. The number of fused-ring (bicyclic) bond motifs is 1. The Kier molecular flexibility index (Phi) is 5.96. The van der Waals surface area contributed by atoms with Gasteiger partial charge in [0.1, 0.15) is 5.76 Å². The molecule has 0 unspecified atom stereocenters. The van der Waals surface area contributed by atoms with Gasteiger partial charge in [0.25, 0.3) is 0 Å². The summed E-state index contributed by atoms with van der Waals surface area (Å²) in [6, 6.07) is 12.0. The van der Waals surface area contributed by atoms with Crippen molar-refractivity contribution < 1.29 is 9.21 Å². The summed E-state index contributed by atoms with van der Waals surface area (Å²) >= 11 is 1.60. The molecule has 2 atom stereocenters. The van der Waals surface area contributed by atoms with E-state index in [4.69, 9.17) is 10.2 Å². The number of halogens is 1. The number of furan rings is 1. The normalized spacial score (nSPS) is 19.4. The molecule has 2 aromatic heterocycles. The lowest BCUT2D eigenvalue weighted by atomic mass is 10.00. The number of nitrogens with one attached hydrogen (secondary N) is 1. The van der Waals surface area contributed by atoms with Crippen LogP contribution in [0, 0.1) is 5.92 Å². The molecule has 2 heterocycles. The highest BCUT2D eigenvalue weighted by Crippen LogP contribution is 2.31. The Morgan fingerprint density at radius 2 is 2.12 bits per heavy atom. The van der Waals surface area contributed by atoms with Gasteiger partial charge in [0.2, 0.25) is 5.91 Å².